The molecular formula is C11H16N2O. The van der Waals surface area contributed by atoms with E-state index in [-0.39, 0.29) is 0 Å². The first-order valence-corrected chi connectivity index (χ1v) is 5.29. The Hall–Kier alpha value is -1.12. The summed E-state index contributed by atoms with van der Waals surface area (Å²) in [5.74, 6) is 0. The van der Waals surface area contributed by atoms with E-state index in [1.807, 2.05) is 13.1 Å². The van der Waals surface area contributed by atoms with Gasteiger partial charge in [-0.25, -0.2) is 0 Å². The van der Waals surface area contributed by atoms with Crippen LogP contribution in [0.2, 0.25) is 0 Å². The summed E-state index contributed by atoms with van der Waals surface area (Å²) in [6.07, 6.45) is 8.59. The molecule has 1 aliphatic rings. The molecule has 1 aromatic heterocycles. The molecule has 2 rings (SSSR count). The number of hydrogen-bond donors (Lipinski definition) is 0. The predicted molar refractivity (Wildman–Crippen MR) is 54.2 cm³/mol. The number of hydrogen-bond acceptors (Lipinski definition) is 2. The second-order valence-electron chi connectivity index (χ2n) is 4.03. The molecule has 0 aliphatic heterocycles. The van der Waals surface area contributed by atoms with E-state index < -0.39 is 0 Å². The summed E-state index contributed by atoms with van der Waals surface area (Å²) in [7, 11) is 0. The molecule has 1 heterocycles. The summed E-state index contributed by atoms with van der Waals surface area (Å²) >= 11 is 0. The van der Waals surface area contributed by atoms with Crippen LogP contribution < -0.4 is 0 Å². The second-order valence-corrected chi connectivity index (χ2v) is 4.03. The summed E-state index contributed by atoms with van der Waals surface area (Å²) in [5, 5.41) is 4.47. The minimum atomic E-state index is 0.499. The van der Waals surface area contributed by atoms with Gasteiger partial charge in [0.05, 0.1) is 11.7 Å². The van der Waals surface area contributed by atoms with Crippen LogP contribution in [0.3, 0.4) is 0 Å². The molecule has 76 valence electrons. The Bertz CT molecular complexity index is 324. The third kappa shape index (κ3) is 1.72. The molecule has 1 aliphatic carbocycles. The van der Waals surface area contributed by atoms with Crippen molar-refractivity contribution in [2.45, 2.75) is 45.1 Å². The molecule has 3 nitrogen and oxygen atoms in total. The third-order valence-corrected chi connectivity index (χ3v) is 3.02. The van der Waals surface area contributed by atoms with Crippen LogP contribution in [0, 0.1) is 6.92 Å². The van der Waals surface area contributed by atoms with Crippen molar-refractivity contribution in [3.05, 3.63) is 17.5 Å². The third-order valence-electron chi connectivity index (χ3n) is 3.02. The monoisotopic (exact) mass is 192 g/mol. The molecule has 0 bridgehead atoms. The average molecular weight is 192 g/mol. The lowest BCUT2D eigenvalue weighted by atomic mass is 10.2. The number of rotatable bonds is 3. The average Bonchev–Trinajstić information content (AvgIpc) is 2.76. The number of aromatic nitrogens is 2. The van der Waals surface area contributed by atoms with Gasteiger partial charge in [0.1, 0.15) is 6.29 Å². The van der Waals surface area contributed by atoms with E-state index in [2.05, 4.69) is 9.78 Å². The highest BCUT2D eigenvalue weighted by Crippen LogP contribution is 2.29. The maximum absolute atomic E-state index is 10.4. The van der Waals surface area contributed by atoms with Gasteiger partial charge < -0.3 is 4.79 Å². The van der Waals surface area contributed by atoms with Crippen LogP contribution in [0.5, 0.6) is 0 Å². The van der Waals surface area contributed by atoms with Crippen LogP contribution in [0.15, 0.2) is 6.20 Å². The maximum Gasteiger partial charge on any atom is 0.124 e. The lowest BCUT2D eigenvalue weighted by molar-refractivity contribution is -0.107. The topological polar surface area (TPSA) is 34.9 Å². The van der Waals surface area contributed by atoms with Crippen LogP contribution in [0.25, 0.3) is 0 Å². The molecule has 1 fully saturated rings. The SMILES string of the molecule is Cc1nn(C2CCCC2)cc1CC=O. The molecular weight excluding hydrogens is 176 g/mol. The van der Waals surface area contributed by atoms with E-state index in [9.17, 15) is 4.79 Å². The Kier molecular flexibility index (Phi) is 2.66. The first kappa shape index (κ1) is 9.44. The Balaban J connectivity index is 2.17. The smallest absolute Gasteiger partial charge is 0.124 e. The van der Waals surface area contributed by atoms with Crippen LogP contribution in [-0.4, -0.2) is 16.1 Å². The van der Waals surface area contributed by atoms with Crippen molar-refractivity contribution in [1.82, 2.24) is 9.78 Å². The molecule has 0 saturated heterocycles. The van der Waals surface area contributed by atoms with E-state index in [0.717, 1.165) is 17.5 Å². The number of carbonyl (C=O) groups is 1. The van der Waals surface area contributed by atoms with Crippen molar-refractivity contribution in [2.75, 3.05) is 0 Å². The summed E-state index contributed by atoms with van der Waals surface area (Å²) in [4.78, 5) is 10.4. The normalized spacial score (nSPS) is 17.5. The number of aldehydes is 1. The van der Waals surface area contributed by atoms with Crippen molar-refractivity contribution in [3.8, 4) is 0 Å². The Morgan fingerprint density at radius 2 is 2.29 bits per heavy atom. The van der Waals surface area contributed by atoms with Crippen molar-refractivity contribution in [2.24, 2.45) is 0 Å². The van der Waals surface area contributed by atoms with E-state index in [1.165, 1.54) is 25.7 Å². The van der Waals surface area contributed by atoms with Gasteiger partial charge in [-0.05, 0) is 19.8 Å². The van der Waals surface area contributed by atoms with Gasteiger partial charge >= 0.3 is 0 Å². The Morgan fingerprint density at radius 3 is 2.93 bits per heavy atom. The Morgan fingerprint density at radius 1 is 1.57 bits per heavy atom. The molecule has 0 N–H and O–H groups in total. The lowest BCUT2D eigenvalue weighted by Gasteiger charge is -2.08. The molecule has 14 heavy (non-hydrogen) atoms. The number of nitrogens with zero attached hydrogens (tertiary/aromatic N) is 2. The van der Waals surface area contributed by atoms with E-state index >= 15 is 0 Å². The Labute approximate surface area is 84.1 Å². The first-order chi connectivity index (χ1) is 6.81. The zero-order chi connectivity index (χ0) is 9.97. The van der Waals surface area contributed by atoms with Crippen LogP contribution in [0.4, 0.5) is 0 Å². The van der Waals surface area contributed by atoms with Crippen molar-refractivity contribution >= 4 is 6.29 Å². The van der Waals surface area contributed by atoms with Gasteiger partial charge in [-0.15, -0.1) is 0 Å². The molecule has 3 heteroatoms. The quantitative estimate of drug-likeness (QED) is 0.687. The molecule has 0 spiro atoms. The molecule has 0 amide bonds. The highest BCUT2D eigenvalue weighted by Gasteiger charge is 2.18. The fourth-order valence-electron chi connectivity index (χ4n) is 2.17. The lowest BCUT2D eigenvalue weighted by Crippen LogP contribution is -2.04. The molecule has 0 unspecified atom stereocenters. The molecule has 0 radical (unpaired) electrons. The zero-order valence-electron chi connectivity index (χ0n) is 8.57. The zero-order valence-corrected chi connectivity index (χ0v) is 8.57. The maximum atomic E-state index is 10.4. The molecule has 1 saturated carbocycles. The van der Waals surface area contributed by atoms with E-state index in [0.29, 0.717) is 12.5 Å². The minimum Gasteiger partial charge on any atom is -0.303 e. The van der Waals surface area contributed by atoms with Gasteiger partial charge in [0.15, 0.2) is 0 Å². The van der Waals surface area contributed by atoms with Crippen molar-refractivity contribution < 1.29 is 4.79 Å². The van der Waals surface area contributed by atoms with E-state index in [1.54, 1.807) is 0 Å². The molecule has 0 atom stereocenters. The highest BCUT2D eigenvalue weighted by molar-refractivity contribution is 5.55. The highest BCUT2D eigenvalue weighted by atomic mass is 16.1. The summed E-state index contributed by atoms with van der Waals surface area (Å²) in [5.41, 5.74) is 2.08. The minimum absolute atomic E-state index is 0.499. The second kappa shape index (κ2) is 3.95. The van der Waals surface area contributed by atoms with Gasteiger partial charge in [0, 0.05) is 18.2 Å². The summed E-state index contributed by atoms with van der Waals surface area (Å²) in [6, 6.07) is 0.578. The van der Waals surface area contributed by atoms with Crippen LogP contribution >= 0.6 is 0 Å². The van der Waals surface area contributed by atoms with Crippen molar-refractivity contribution in [1.29, 1.82) is 0 Å². The predicted octanol–water partition coefficient (Wildman–Crippen LogP) is 2.05. The first-order valence-electron chi connectivity index (χ1n) is 5.29. The number of carbonyl (C=O) groups excluding carboxylic acids is 1. The van der Waals surface area contributed by atoms with Gasteiger partial charge in [0.2, 0.25) is 0 Å². The standard InChI is InChI=1S/C11H16N2O/c1-9-10(6-7-14)8-13(12-9)11-4-2-3-5-11/h7-8,11H,2-6H2,1H3. The van der Waals surface area contributed by atoms with Gasteiger partial charge in [0.25, 0.3) is 0 Å². The van der Waals surface area contributed by atoms with Gasteiger partial charge in [-0.2, -0.15) is 5.10 Å². The van der Waals surface area contributed by atoms with Gasteiger partial charge in [-0.1, -0.05) is 12.8 Å². The molecule has 0 aromatic carbocycles. The number of aryl methyl sites for hydroxylation is 1. The van der Waals surface area contributed by atoms with E-state index in [4.69, 9.17) is 0 Å². The van der Waals surface area contributed by atoms with Crippen LogP contribution in [0.1, 0.15) is 43.0 Å². The molecule has 1 aromatic rings. The summed E-state index contributed by atoms with van der Waals surface area (Å²) in [6.45, 7) is 1.98. The van der Waals surface area contributed by atoms with Crippen LogP contribution in [-0.2, 0) is 11.2 Å². The van der Waals surface area contributed by atoms with Crippen molar-refractivity contribution in [3.63, 3.8) is 0 Å². The van der Waals surface area contributed by atoms with Gasteiger partial charge in [-0.3, -0.25) is 4.68 Å². The fraction of sp³-hybridized carbons (Fsp3) is 0.636. The summed E-state index contributed by atoms with van der Waals surface area (Å²) < 4.78 is 2.06. The fourth-order valence-corrected chi connectivity index (χ4v) is 2.17. The largest absolute Gasteiger partial charge is 0.303 e.